The first-order valence-corrected chi connectivity index (χ1v) is 9.02. The van der Waals surface area contributed by atoms with Crippen molar-refractivity contribution < 1.29 is 9.50 Å². The van der Waals surface area contributed by atoms with Gasteiger partial charge in [-0.3, -0.25) is 0 Å². The zero-order valence-corrected chi connectivity index (χ0v) is 14.9. The Hall–Kier alpha value is -3.51. The highest BCUT2D eigenvalue weighted by atomic mass is 19.1. The van der Waals surface area contributed by atoms with Crippen molar-refractivity contribution in [3.05, 3.63) is 84.4 Å². The molecular weight excluding hydrogens is 355 g/mol. The molecule has 2 heterocycles. The topological polar surface area (TPSA) is 63.0 Å². The van der Waals surface area contributed by atoms with Gasteiger partial charge < -0.3 is 10.4 Å². The molecule has 0 spiro atoms. The van der Waals surface area contributed by atoms with Crippen LogP contribution in [0.3, 0.4) is 0 Å². The van der Waals surface area contributed by atoms with Gasteiger partial charge in [0.05, 0.1) is 18.1 Å². The molecule has 28 heavy (non-hydrogen) atoms. The van der Waals surface area contributed by atoms with E-state index in [9.17, 15) is 9.50 Å². The highest BCUT2D eigenvalue weighted by Crippen LogP contribution is 2.33. The maximum atomic E-state index is 14.5. The number of nitrogens with one attached hydrogen (secondary N) is 1. The zero-order chi connectivity index (χ0) is 19.1. The van der Waals surface area contributed by atoms with Gasteiger partial charge in [0.25, 0.3) is 0 Å². The minimum Gasteiger partial charge on any atom is -0.373 e. The quantitative estimate of drug-likeness (QED) is 0.570. The molecule has 0 radical (unpaired) electrons. The Balaban J connectivity index is 1.43. The molecule has 0 amide bonds. The van der Waals surface area contributed by atoms with Crippen LogP contribution in [0.4, 0.5) is 10.1 Å². The number of nitrogens with zero attached hydrogens (tertiary/aromatic N) is 3. The number of benzene rings is 3. The summed E-state index contributed by atoms with van der Waals surface area (Å²) in [7, 11) is 0. The third kappa shape index (κ3) is 2.93. The minimum absolute atomic E-state index is 0.301. The van der Waals surface area contributed by atoms with Crippen LogP contribution in [0.25, 0.3) is 27.9 Å². The molecule has 1 unspecified atom stereocenters. The average molecular weight is 372 g/mol. The van der Waals surface area contributed by atoms with E-state index < -0.39 is 6.23 Å². The Morgan fingerprint density at radius 1 is 0.964 bits per heavy atom. The van der Waals surface area contributed by atoms with Crippen LogP contribution >= 0.6 is 0 Å². The summed E-state index contributed by atoms with van der Waals surface area (Å²) in [6.07, 6.45) is 3.27. The number of aliphatic hydroxyl groups is 1. The summed E-state index contributed by atoms with van der Waals surface area (Å²) < 4.78 is 16.2. The number of anilines is 1. The maximum Gasteiger partial charge on any atom is 0.133 e. The lowest BCUT2D eigenvalue weighted by molar-refractivity contribution is 0.212. The van der Waals surface area contributed by atoms with Gasteiger partial charge in [-0.2, -0.15) is 0 Å². The molecule has 138 valence electrons. The summed E-state index contributed by atoms with van der Waals surface area (Å²) in [6, 6.07) is 19.1. The van der Waals surface area contributed by atoms with E-state index >= 15 is 0 Å². The van der Waals surface area contributed by atoms with Crippen molar-refractivity contribution in [1.29, 1.82) is 0 Å². The third-order valence-electron chi connectivity index (χ3n) is 5.01. The molecule has 0 fully saturated rings. The fourth-order valence-electron chi connectivity index (χ4n) is 3.58. The fourth-order valence-corrected chi connectivity index (χ4v) is 3.58. The zero-order valence-electron chi connectivity index (χ0n) is 14.9. The van der Waals surface area contributed by atoms with Crippen molar-refractivity contribution >= 4 is 5.69 Å². The van der Waals surface area contributed by atoms with Crippen LogP contribution in [0.5, 0.6) is 0 Å². The average Bonchev–Trinajstić information content (AvgIpc) is 3.37. The van der Waals surface area contributed by atoms with E-state index in [1.165, 1.54) is 6.07 Å². The largest absolute Gasteiger partial charge is 0.373 e. The number of aliphatic hydroxyl groups excluding tert-OH is 1. The summed E-state index contributed by atoms with van der Waals surface area (Å²) >= 11 is 0. The van der Waals surface area contributed by atoms with Crippen molar-refractivity contribution in [2.75, 3.05) is 5.32 Å². The second kappa shape index (κ2) is 6.58. The van der Waals surface area contributed by atoms with Gasteiger partial charge in [0, 0.05) is 17.7 Å². The van der Waals surface area contributed by atoms with Gasteiger partial charge >= 0.3 is 0 Å². The van der Waals surface area contributed by atoms with Crippen molar-refractivity contribution in [3.8, 4) is 27.9 Å². The Bertz CT molecular complexity index is 1120. The highest BCUT2D eigenvalue weighted by molar-refractivity contribution is 5.74. The molecule has 1 atom stereocenters. The first-order valence-electron chi connectivity index (χ1n) is 9.02. The number of fused-ring (bicyclic) bond motifs is 1. The van der Waals surface area contributed by atoms with E-state index in [4.69, 9.17) is 0 Å². The third-order valence-corrected chi connectivity index (χ3v) is 5.01. The standard InChI is InChI=1S/C22H17FN4O/c23-20-13-21-17(12-22(28)25-21)11-19(20)16-3-1-14(2-4-16)15-5-7-18(8-6-15)27-10-9-24-26-27/h1-11,13,22,25,28H,12H2. The van der Waals surface area contributed by atoms with Crippen LogP contribution in [0.2, 0.25) is 0 Å². The summed E-state index contributed by atoms with van der Waals surface area (Å²) in [6.45, 7) is 0. The van der Waals surface area contributed by atoms with E-state index in [-0.39, 0.29) is 5.82 Å². The van der Waals surface area contributed by atoms with Crippen LogP contribution in [0, 0.1) is 5.82 Å². The predicted molar refractivity (Wildman–Crippen MR) is 106 cm³/mol. The van der Waals surface area contributed by atoms with Crippen molar-refractivity contribution in [2.24, 2.45) is 0 Å². The monoisotopic (exact) mass is 372 g/mol. The molecule has 2 N–H and O–H groups in total. The van der Waals surface area contributed by atoms with Gasteiger partial charge in [0.2, 0.25) is 0 Å². The summed E-state index contributed by atoms with van der Waals surface area (Å²) in [4.78, 5) is 0. The first-order chi connectivity index (χ1) is 13.7. The normalized spacial score (nSPS) is 15.3. The van der Waals surface area contributed by atoms with E-state index in [2.05, 4.69) is 15.6 Å². The van der Waals surface area contributed by atoms with E-state index in [1.807, 2.05) is 54.6 Å². The molecule has 1 aliphatic heterocycles. The molecule has 5 rings (SSSR count). The molecule has 5 nitrogen and oxygen atoms in total. The SMILES string of the molecule is OC1Cc2cc(-c3ccc(-c4ccc(-n5ccnn5)cc4)cc3)c(F)cc2N1. The number of halogens is 1. The number of hydrogen-bond acceptors (Lipinski definition) is 4. The number of aromatic nitrogens is 3. The maximum absolute atomic E-state index is 14.5. The van der Waals surface area contributed by atoms with Crippen molar-refractivity contribution in [2.45, 2.75) is 12.6 Å². The van der Waals surface area contributed by atoms with Crippen LogP contribution in [-0.4, -0.2) is 26.3 Å². The molecule has 6 heteroatoms. The Kier molecular flexibility index (Phi) is 3.91. The van der Waals surface area contributed by atoms with Gasteiger partial charge in [-0.1, -0.05) is 41.6 Å². The first kappa shape index (κ1) is 16.6. The van der Waals surface area contributed by atoms with Crippen LogP contribution in [-0.2, 0) is 6.42 Å². The van der Waals surface area contributed by atoms with Crippen molar-refractivity contribution in [1.82, 2.24) is 15.0 Å². The number of rotatable bonds is 3. The van der Waals surface area contributed by atoms with E-state index in [0.717, 1.165) is 27.9 Å². The van der Waals surface area contributed by atoms with Gasteiger partial charge in [-0.15, -0.1) is 5.10 Å². The molecule has 0 saturated carbocycles. The van der Waals surface area contributed by atoms with Crippen molar-refractivity contribution in [3.63, 3.8) is 0 Å². The van der Waals surface area contributed by atoms with Gasteiger partial charge in [0.1, 0.15) is 12.0 Å². The molecule has 0 saturated heterocycles. The molecule has 3 aromatic carbocycles. The summed E-state index contributed by atoms with van der Waals surface area (Å²) in [5.74, 6) is -0.301. The molecule has 4 aromatic rings. The van der Waals surface area contributed by atoms with Crippen LogP contribution < -0.4 is 5.32 Å². The van der Waals surface area contributed by atoms with Gasteiger partial charge in [0.15, 0.2) is 0 Å². The van der Waals surface area contributed by atoms with Crippen LogP contribution in [0.1, 0.15) is 5.56 Å². The molecule has 1 aliphatic rings. The predicted octanol–water partition coefficient (Wildman–Crippen LogP) is 4.03. The minimum atomic E-state index is -0.646. The Morgan fingerprint density at radius 2 is 1.64 bits per heavy atom. The summed E-state index contributed by atoms with van der Waals surface area (Å²) in [5.41, 5.74) is 6.00. The lowest BCUT2D eigenvalue weighted by Crippen LogP contribution is -2.12. The molecular formula is C22H17FN4O. The highest BCUT2D eigenvalue weighted by Gasteiger charge is 2.21. The fraction of sp³-hybridized carbons (Fsp3) is 0.0909. The lowest BCUT2D eigenvalue weighted by atomic mass is 9.98. The lowest BCUT2D eigenvalue weighted by Gasteiger charge is -2.09. The Morgan fingerprint density at radius 3 is 2.32 bits per heavy atom. The molecule has 0 aliphatic carbocycles. The Labute approximate surface area is 161 Å². The smallest absolute Gasteiger partial charge is 0.133 e. The molecule has 0 bridgehead atoms. The van der Waals surface area contributed by atoms with Gasteiger partial charge in [-0.05, 0) is 46.5 Å². The van der Waals surface area contributed by atoms with Gasteiger partial charge in [-0.25, -0.2) is 9.07 Å². The number of hydrogen-bond donors (Lipinski definition) is 2. The van der Waals surface area contributed by atoms with Crippen LogP contribution in [0.15, 0.2) is 73.1 Å². The molecule has 1 aromatic heterocycles. The van der Waals surface area contributed by atoms with E-state index in [0.29, 0.717) is 17.7 Å². The summed E-state index contributed by atoms with van der Waals surface area (Å²) in [5, 5.41) is 20.4. The second-order valence-corrected chi connectivity index (χ2v) is 6.83. The van der Waals surface area contributed by atoms with E-state index in [1.54, 1.807) is 17.1 Å². The second-order valence-electron chi connectivity index (χ2n) is 6.83.